The molecule has 0 amide bonds. The average Bonchev–Trinajstić information content (AvgIpc) is 3.15. The molecule has 30 heavy (non-hydrogen) atoms. The van der Waals surface area contributed by atoms with Crippen LogP contribution in [0.15, 0.2) is 72.8 Å². The Hall–Kier alpha value is -4.13. The zero-order valence-corrected chi connectivity index (χ0v) is 16.2. The largest absolute Gasteiger partial charge is 0.275 e. The summed E-state index contributed by atoms with van der Waals surface area (Å²) in [6.45, 7) is 2.11. The minimum atomic E-state index is -0.409. The number of para-hydroxylation sites is 2. The van der Waals surface area contributed by atoms with Gasteiger partial charge in [0.25, 0.3) is 5.69 Å². The number of hydrogen-bond acceptors (Lipinski definition) is 5. The van der Waals surface area contributed by atoms with Gasteiger partial charge >= 0.3 is 0 Å². The summed E-state index contributed by atoms with van der Waals surface area (Å²) in [7, 11) is 0. The van der Waals surface area contributed by atoms with Gasteiger partial charge in [0.1, 0.15) is 5.82 Å². The zero-order chi connectivity index (χ0) is 20.7. The molecule has 2 aromatic heterocycles. The van der Waals surface area contributed by atoms with Crippen LogP contribution in [0.1, 0.15) is 12.5 Å². The predicted octanol–water partition coefficient (Wildman–Crippen LogP) is 5.11. The number of nitro benzene ring substituents is 1. The lowest BCUT2D eigenvalue weighted by Gasteiger charge is -2.10. The van der Waals surface area contributed by atoms with E-state index in [4.69, 9.17) is 15.0 Å². The van der Waals surface area contributed by atoms with Crippen molar-refractivity contribution in [1.82, 2.24) is 19.5 Å². The molecule has 7 nitrogen and oxygen atoms in total. The van der Waals surface area contributed by atoms with Crippen LogP contribution in [0.5, 0.6) is 0 Å². The van der Waals surface area contributed by atoms with Crippen LogP contribution in [0, 0.1) is 10.1 Å². The van der Waals surface area contributed by atoms with Gasteiger partial charge in [0.05, 0.1) is 16.0 Å². The zero-order valence-electron chi connectivity index (χ0n) is 16.2. The van der Waals surface area contributed by atoms with Gasteiger partial charge in [-0.2, -0.15) is 0 Å². The molecule has 0 atom stereocenters. The van der Waals surface area contributed by atoms with Crippen molar-refractivity contribution in [3.8, 4) is 17.1 Å². The van der Waals surface area contributed by atoms with E-state index in [1.54, 1.807) is 12.1 Å². The molecule has 5 rings (SSSR count). The number of aryl methyl sites for hydroxylation is 1. The number of fused-ring (bicyclic) bond motifs is 2. The van der Waals surface area contributed by atoms with E-state index in [1.807, 2.05) is 41.0 Å². The van der Waals surface area contributed by atoms with Gasteiger partial charge < -0.3 is 0 Å². The van der Waals surface area contributed by atoms with Crippen molar-refractivity contribution in [2.24, 2.45) is 0 Å². The van der Waals surface area contributed by atoms with Crippen LogP contribution in [0.4, 0.5) is 5.69 Å². The normalized spacial score (nSPS) is 11.2. The summed E-state index contributed by atoms with van der Waals surface area (Å²) < 4.78 is 1.97. The Labute approximate surface area is 171 Å². The van der Waals surface area contributed by atoms with Crippen LogP contribution in [0.25, 0.3) is 39.4 Å². The summed E-state index contributed by atoms with van der Waals surface area (Å²) >= 11 is 0. The number of rotatable bonds is 4. The number of aromatic nitrogens is 4. The minimum Gasteiger partial charge on any atom is -0.275 e. The fourth-order valence-corrected chi connectivity index (χ4v) is 3.54. The first-order chi connectivity index (χ1) is 14.6. The lowest BCUT2D eigenvalue weighted by atomic mass is 10.1. The second kappa shape index (κ2) is 7.04. The monoisotopic (exact) mass is 395 g/mol. The first-order valence-electron chi connectivity index (χ1n) is 9.63. The van der Waals surface area contributed by atoms with Crippen molar-refractivity contribution in [2.45, 2.75) is 13.3 Å². The van der Waals surface area contributed by atoms with E-state index in [1.165, 1.54) is 17.7 Å². The van der Waals surface area contributed by atoms with Crippen molar-refractivity contribution in [3.63, 3.8) is 0 Å². The highest BCUT2D eigenvalue weighted by atomic mass is 16.6. The van der Waals surface area contributed by atoms with E-state index in [0.717, 1.165) is 28.7 Å². The summed E-state index contributed by atoms with van der Waals surface area (Å²) in [5.41, 5.74) is 5.65. The molecule has 146 valence electrons. The van der Waals surface area contributed by atoms with Crippen LogP contribution in [0.3, 0.4) is 0 Å². The van der Waals surface area contributed by atoms with Crippen molar-refractivity contribution in [2.75, 3.05) is 0 Å². The first kappa shape index (κ1) is 17.9. The van der Waals surface area contributed by atoms with Crippen LogP contribution < -0.4 is 0 Å². The SMILES string of the molecule is CCc1cccc(-n2c(-c3ccc([N+](=O)[O-])cc3)nc3nc4ccccc4nc32)c1. The van der Waals surface area contributed by atoms with Gasteiger partial charge in [-0.15, -0.1) is 0 Å². The minimum absolute atomic E-state index is 0.0383. The lowest BCUT2D eigenvalue weighted by molar-refractivity contribution is -0.384. The smallest absolute Gasteiger partial charge is 0.269 e. The Kier molecular flexibility index (Phi) is 4.21. The van der Waals surface area contributed by atoms with Gasteiger partial charge in [-0.1, -0.05) is 31.2 Å². The number of imidazole rings is 1. The number of nitro groups is 1. The van der Waals surface area contributed by atoms with Crippen molar-refractivity contribution in [1.29, 1.82) is 0 Å². The molecule has 0 aliphatic heterocycles. The molecule has 0 radical (unpaired) electrons. The fraction of sp³-hybridized carbons (Fsp3) is 0.0870. The summed E-state index contributed by atoms with van der Waals surface area (Å²) in [6, 6.07) is 22.3. The summed E-state index contributed by atoms with van der Waals surface area (Å²) in [5, 5.41) is 11.0. The first-order valence-corrected chi connectivity index (χ1v) is 9.63. The van der Waals surface area contributed by atoms with Gasteiger partial charge in [-0.3, -0.25) is 14.7 Å². The molecule has 0 bridgehead atoms. The molecule has 0 saturated heterocycles. The quantitative estimate of drug-likeness (QED) is 0.312. The fourth-order valence-electron chi connectivity index (χ4n) is 3.54. The van der Waals surface area contributed by atoms with Gasteiger partial charge in [0.2, 0.25) is 0 Å². The number of hydrogen-bond donors (Lipinski definition) is 0. The van der Waals surface area contributed by atoms with Gasteiger partial charge in [-0.25, -0.2) is 15.0 Å². The Morgan fingerprint density at radius 3 is 2.33 bits per heavy atom. The maximum Gasteiger partial charge on any atom is 0.269 e. The van der Waals surface area contributed by atoms with Gasteiger partial charge in [-0.05, 0) is 48.4 Å². The average molecular weight is 395 g/mol. The van der Waals surface area contributed by atoms with E-state index in [2.05, 4.69) is 19.1 Å². The molecule has 0 aliphatic rings. The van der Waals surface area contributed by atoms with Gasteiger partial charge in [0.15, 0.2) is 11.3 Å². The van der Waals surface area contributed by atoms with E-state index >= 15 is 0 Å². The summed E-state index contributed by atoms with van der Waals surface area (Å²) in [5.74, 6) is 0.642. The summed E-state index contributed by atoms with van der Waals surface area (Å²) in [4.78, 5) is 24.9. The third-order valence-electron chi connectivity index (χ3n) is 5.08. The molecule has 0 N–H and O–H groups in total. The van der Waals surface area contributed by atoms with E-state index < -0.39 is 4.92 Å². The third kappa shape index (κ3) is 2.97. The number of non-ortho nitro benzene ring substituents is 1. The topological polar surface area (TPSA) is 86.7 Å². The van der Waals surface area contributed by atoms with Crippen LogP contribution in [-0.4, -0.2) is 24.4 Å². The predicted molar refractivity (Wildman–Crippen MR) is 116 cm³/mol. The number of nitrogens with zero attached hydrogens (tertiary/aromatic N) is 5. The maximum atomic E-state index is 11.0. The molecule has 2 heterocycles. The molecule has 0 fully saturated rings. The Bertz CT molecular complexity index is 1410. The highest BCUT2D eigenvalue weighted by Gasteiger charge is 2.18. The molecule has 0 unspecified atom stereocenters. The maximum absolute atomic E-state index is 11.0. The van der Waals surface area contributed by atoms with Crippen molar-refractivity contribution in [3.05, 3.63) is 88.5 Å². The lowest BCUT2D eigenvalue weighted by Crippen LogP contribution is -2.00. The van der Waals surface area contributed by atoms with E-state index in [9.17, 15) is 10.1 Å². The number of benzene rings is 3. The molecule has 5 aromatic rings. The second-order valence-corrected chi connectivity index (χ2v) is 6.96. The molecular weight excluding hydrogens is 378 g/mol. The Balaban J connectivity index is 1.81. The van der Waals surface area contributed by atoms with Crippen LogP contribution >= 0.6 is 0 Å². The van der Waals surface area contributed by atoms with E-state index in [0.29, 0.717) is 17.1 Å². The molecule has 0 spiro atoms. The highest BCUT2D eigenvalue weighted by molar-refractivity contribution is 5.86. The van der Waals surface area contributed by atoms with Crippen molar-refractivity contribution >= 4 is 28.0 Å². The van der Waals surface area contributed by atoms with E-state index in [-0.39, 0.29) is 5.69 Å². The van der Waals surface area contributed by atoms with Crippen LogP contribution in [0.2, 0.25) is 0 Å². The molecule has 0 saturated carbocycles. The third-order valence-corrected chi connectivity index (χ3v) is 5.08. The molecule has 0 aliphatic carbocycles. The highest BCUT2D eigenvalue weighted by Crippen LogP contribution is 2.29. The summed E-state index contributed by atoms with van der Waals surface area (Å²) in [6.07, 6.45) is 0.905. The standard InChI is InChI=1S/C23H17N5O2/c1-2-15-6-5-7-18(14-15)27-22(16-10-12-17(13-11-16)28(29)30)26-21-23(27)25-20-9-4-3-8-19(20)24-21/h3-14H,2H2,1H3. The molecule has 7 heteroatoms. The second-order valence-electron chi connectivity index (χ2n) is 6.96. The Morgan fingerprint density at radius 2 is 1.63 bits per heavy atom. The van der Waals surface area contributed by atoms with Crippen LogP contribution in [-0.2, 0) is 6.42 Å². The van der Waals surface area contributed by atoms with Crippen molar-refractivity contribution < 1.29 is 4.92 Å². The molecule has 3 aromatic carbocycles. The van der Waals surface area contributed by atoms with Gasteiger partial charge in [0, 0.05) is 23.4 Å². The Morgan fingerprint density at radius 1 is 0.900 bits per heavy atom. The molecular formula is C23H17N5O2.